The van der Waals surface area contributed by atoms with Crippen molar-refractivity contribution in [3.8, 4) is 6.07 Å². The van der Waals surface area contributed by atoms with Crippen LogP contribution in [0.25, 0.3) is 0 Å². The number of ether oxygens (including phenoxy) is 1. The van der Waals surface area contributed by atoms with E-state index in [2.05, 4.69) is 47.2 Å². The maximum absolute atomic E-state index is 12.3. The summed E-state index contributed by atoms with van der Waals surface area (Å²) in [7, 11) is 0. The van der Waals surface area contributed by atoms with Crippen molar-refractivity contribution in [2.24, 2.45) is 0 Å². The molecular formula is C21H28N4O2. The molecule has 1 atom stereocenters. The molecule has 2 aliphatic rings. The van der Waals surface area contributed by atoms with Crippen LogP contribution in [0.2, 0.25) is 0 Å². The van der Waals surface area contributed by atoms with Gasteiger partial charge in [-0.1, -0.05) is 12.1 Å². The molecule has 0 saturated carbocycles. The molecule has 0 aliphatic carbocycles. The first-order chi connectivity index (χ1) is 13.1. The first-order valence-electron chi connectivity index (χ1n) is 9.65. The number of nitriles is 1. The van der Waals surface area contributed by atoms with Crippen LogP contribution < -0.4 is 10.2 Å². The van der Waals surface area contributed by atoms with Crippen molar-refractivity contribution in [2.45, 2.75) is 32.8 Å². The van der Waals surface area contributed by atoms with Gasteiger partial charge < -0.3 is 19.9 Å². The van der Waals surface area contributed by atoms with Crippen LogP contribution in [0.4, 0.5) is 5.69 Å². The zero-order valence-electron chi connectivity index (χ0n) is 16.2. The molecule has 2 saturated heterocycles. The van der Waals surface area contributed by atoms with Gasteiger partial charge in [0.1, 0.15) is 11.6 Å². The molecular weight excluding hydrogens is 340 g/mol. The van der Waals surface area contributed by atoms with Gasteiger partial charge in [0.2, 0.25) is 0 Å². The molecule has 1 N–H and O–H groups in total. The maximum Gasteiger partial charge on any atom is 0.263 e. The molecule has 6 heteroatoms. The van der Waals surface area contributed by atoms with Crippen molar-refractivity contribution in [1.82, 2.24) is 10.2 Å². The predicted octanol–water partition coefficient (Wildman–Crippen LogP) is 2.13. The summed E-state index contributed by atoms with van der Waals surface area (Å²) in [5.41, 5.74) is 4.04. The molecule has 3 rings (SSSR count). The molecule has 1 aromatic rings. The van der Waals surface area contributed by atoms with E-state index in [0.29, 0.717) is 6.54 Å². The number of anilines is 1. The Labute approximate surface area is 161 Å². The summed E-state index contributed by atoms with van der Waals surface area (Å²) in [5.74, 6) is -0.315. The van der Waals surface area contributed by atoms with E-state index >= 15 is 0 Å². The lowest BCUT2D eigenvalue weighted by Crippen LogP contribution is -2.45. The molecule has 2 heterocycles. The maximum atomic E-state index is 12.3. The Morgan fingerprint density at radius 3 is 2.78 bits per heavy atom. The van der Waals surface area contributed by atoms with E-state index < -0.39 is 0 Å². The van der Waals surface area contributed by atoms with Crippen LogP contribution in [0.5, 0.6) is 0 Å². The van der Waals surface area contributed by atoms with Crippen LogP contribution >= 0.6 is 0 Å². The minimum absolute atomic E-state index is 0.0787. The van der Waals surface area contributed by atoms with Crippen molar-refractivity contribution in [3.05, 3.63) is 41.1 Å². The molecule has 1 aromatic carbocycles. The minimum Gasteiger partial charge on any atom is -0.376 e. The second-order valence-electron chi connectivity index (χ2n) is 7.24. The molecule has 0 aromatic heterocycles. The fourth-order valence-electron chi connectivity index (χ4n) is 3.60. The highest BCUT2D eigenvalue weighted by molar-refractivity contribution is 5.97. The summed E-state index contributed by atoms with van der Waals surface area (Å²) in [5, 5.41) is 12.2. The Balaban J connectivity index is 1.55. The minimum atomic E-state index is -0.315. The van der Waals surface area contributed by atoms with Gasteiger partial charge in [-0.05, 0) is 43.9 Å². The molecule has 2 fully saturated rings. The van der Waals surface area contributed by atoms with E-state index in [0.717, 1.165) is 45.6 Å². The van der Waals surface area contributed by atoms with Crippen LogP contribution in [-0.4, -0.2) is 56.2 Å². The van der Waals surface area contributed by atoms with Crippen LogP contribution in [0.3, 0.4) is 0 Å². The van der Waals surface area contributed by atoms with Gasteiger partial charge in [0.25, 0.3) is 5.91 Å². The van der Waals surface area contributed by atoms with E-state index in [9.17, 15) is 10.1 Å². The zero-order valence-corrected chi connectivity index (χ0v) is 16.2. The number of nitrogens with one attached hydrogen (secondary N) is 1. The molecule has 0 spiro atoms. The zero-order chi connectivity index (χ0) is 19.2. The monoisotopic (exact) mass is 368 g/mol. The number of benzene rings is 1. The average molecular weight is 368 g/mol. The Morgan fingerprint density at radius 1 is 1.33 bits per heavy atom. The van der Waals surface area contributed by atoms with Crippen LogP contribution in [0.1, 0.15) is 24.0 Å². The van der Waals surface area contributed by atoms with E-state index in [-0.39, 0.29) is 17.6 Å². The summed E-state index contributed by atoms with van der Waals surface area (Å²) in [6.45, 7) is 8.84. The van der Waals surface area contributed by atoms with Crippen molar-refractivity contribution >= 4 is 11.6 Å². The van der Waals surface area contributed by atoms with Gasteiger partial charge >= 0.3 is 0 Å². The van der Waals surface area contributed by atoms with Gasteiger partial charge in [-0.25, -0.2) is 0 Å². The van der Waals surface area contributed by atoms with E-state index in [4.69, 9.17) is 4.74 Å². The highest BCUT2D eigenvalue weighted by Gasteiger charge is 2.20. The predicted molar refractivity (Wildman–Crippen MR) is 105 cm³/mol. The van der Waals surface area contributed by atoms with Crippen molar-refractivity contribution in [1.29, 1.82) is 5.26 Å². The molecule has 1 amide bonds. The second-order valence-corrected chi connectivity index (χ2v) is 7.24. The third kappa shape index (κ3) is 4.81. The first kappa shape index (κ1) is 19.2. The Kier molecular flexibility index (Phi) is 6.36. The molecule has 0 radical (unpaired) electrons. The lowest BCUT2D eigenvalue weighted by Gasteiger charge is -2.36. The van der Waals surface area contributed by atoms with Crippen molar-refractivity contribution < 1.29 is 9.53 Å². The van der Waals surface area contributed by atoms with Crippen LogP contribution in [-0.2, 0) is 9.53 Å². The highest BCUT2D eigenvalue weighted by Crippen LogP contribution is 2.24. The van der Waals surface area contributed by atoms with Gasteiger partial charge in [-0.15, -0.1) is 0 Å². The third-order valence-corrected chi connectivity index (χ3v) is 5.42. The largest absolute Gasteiger partial charge is 0.376 e. The van der Waals surface area contributed by atoms with Crippen molar-refractivity contribution in [3.63, 3.8) is 0 Å². The highest BCUT2D eigenvalue weighted by atomic mass is 16.5. The molecule has 1 unspecified atom stereocenters. The SMILES string of the molecule is Cc1cccc(N2CCN(/C=C(/C#N)C(=O)NCC3CCCO3)CC2)c1C. The molecule has 2 aliphatic heterocycles. The smallest absolute Gasteiger partial charge is 0.263 e. The standard InChI is InChI=1S/C21H28N4O2/c1-16-5-3-7-20(17(16)2)25-10-8-24(9-11-25)15-18(13-22)21(26)23-14-19-6-4-12-27-19/h3,5,7,15,19H,4,6,8-12,14H2,1-2H3,(H,23,26)/b18-15-. The summed E-state index contributed by atoms with van der Waals surface area (Å²) < 4.78 is 5.51. The summed E-state index contributed by atoms with van der Waals surface area (Å²) in [4.78, 5) is 16.7. The van der Waals surface area contributed by atoms with Crippen molar-refractivity contribution in [2.75, 3.05) is 44.2 Å². The van der Waals surface area contributed by atoms with Crippen LogP contribution in [0.15, 0.2) is 30.0 Å². The average Bonchev–Trinajstić information content (AvgIpc) is 3.20. The van der Waals surface area contributed by atoms with Gasteiger partial charge in [0.15, 0.2) is 0 Å². The Bertz CT molecular complexity index is 739. The van der Waals surface area contributed by atoms with E-state index in [1.807, 2.05) is 6.07 Å². The topological polar surface area (TPSA) is 68.6 Å². The normalized spacial score (nSPS) is 20.5. The fourth-order valence-corrected chi connectivity index (χ4v) is 3.60. The lowest BCUT2D eigenvalue weighted by atomic mass is 10.1. The molecule has 27 heavy (non-hydrogen) atoms. The van der Waals surface area contributed by atoms with Gasteiger partial charge in [-0.2, -0.15) is 5.26 Å². The molecule has 6 nitrogen and oxygen atoms in total. The number of hydrogen-bond acceptors (Lipinski definition) is 5. The number of nitrogens with zero attached hydrogens (tertiary/aromatic N) is 3. The number of hydrogen-bond donors (Lipinski definition) is 1. The number of aryl methyl sites for hydroxylation is 1. The number of rotatable bonds is 5. The van der Waals surface area contributed by atoms with Crippen LogP contribution in [0, 0.1) is 25.2 Å². The summed E-state index contributed by atoms with van der Waals surface area (Å²) >= 11 is 0. The second kappa shape index (κ2) is 8.92. The lowest BCUT2D eigenvalue weighted by molar-refractivity contribution is -0.117. The summed E-state index contributed by atoms with van der Waals surface area (Å²) in [6, 6.07) is 8.42. The van der Waals surface area contributed by atoms with E-state index in [1.165, 1.54) is 16.8 Å². The van der Waals surface area contributed by atoms with Gasteiger partial charge in [-0.3, -0.25) is 4.79 Å². The molecule has 144 valence electrons. The number of carbonyl (C=O) groups excluding carboxylic acids is 1. The number of carbonyl (C=O) groups is 1. The Morgan fingerprint density at radius 2 is 2.11 bits per heavy atom. The number of piperazine rings is 1. The Hall–Kier alpha value is -2.52. The molecule has 0 bridgehead atoms. The first-order valence-corrected chi connectivity index (χ1v) is 9.65. The quantitative estimate of drug-likeness (QED) is 0.637. The van der Waals surface area contributed by atoms with Gasteiger partial charge in [0, 0.05) is 51.2 Å². The fraction of sp³-hybridized carbons (Fsp3) is 0.524. The number of amides is 1. The summed E-state index contributed by atoms with van der Waals surface area (Å²) in [6.07, 6.45) is 3.78. The van der Waals surface area contributed by atoms with Gasteiger partial charge in [0.05, 0.1) is 6.10 Å². The van der Waals surface area contributed by atoms with E-state index in [1.54, 1.807) is 6.20 Å². The third-order valence-electron chi connectivity index (χ3n) is 5.42.